The number of carbonyl (C=O) groups excluding carboxylic acids is 1. The molecule has 0 saturated heterocycles. The van der Waals surface area contributed by atoms with Gasteiger partial charge in [0.15, 0.2) is 0 Å². The van der Waals surface area contributed by atoms with E-state index in [9.17, 15) is 9.90 Å². The second-order valence-electron chi connectivity index (χ2n) is 5.24. The first-order valence-electron chi connectivity index (χ1n) is 6.86. The van der Waals surface area contributed by atoms with E-state index in [4.69, 9.17) is 16.3 Å². The van der Waals surface area contributed by atoms with Crippen LogP contribution in [0, 0.1) is 0 Å². The lowest BCUT2D eigenvalue weighted by Crippen LogP contribution is -1.95. The first-order chi connectivity index (χ1) is 10.6. The molecule has 1 aliphatic rings. The van der Waals surface area contributed by atoms with Gasteiger partial charge in [-0.2, -0.15) is 0 Å². The highest BCUT2D eigenvalue weighted by Crippen LogP contribution is 2.41. The number of rotatable bonds is 1. The highest BCUT2D eigenvalue weighted by Gasteiger charge is 2.27. The maximum absolute atomic E-state index is 11.9. The van der Waals surface area contributed by atoms with E-state index in [1.54, 1.807) is 18.2 Å². The summed E-state index contributed by atoms with van der Waals surface area (Å²) in [5.41, 5.74) is 3.13. The first kappa shape index (κ1) is 13.2. The monoisotopic (exact) mass is 310 g/mol. The lowest BCUT2D eigenvalue weighted by Gasteiger charge is -2.13. The third-order valence-corrected chi connectivity index (χ3v) is 4.27. The number of hydrogen-bond acceptors (Lipinski definition) is 3. The van der Waals surface area contributed by atoms with Crippen molar-refractivity contribution in [2.75, 3.05) is 0 Å². The minimum absolute atomic E-state index is 0.156. The molecular weight excluding hydrogens is 300 g/mol. The molecule has 108 valence electrons. The van der Waals surface area contributed by atoms with Crippen LogP contribution in [-0.4, -0.2) is 11.1 Å². The molecule has 3 aromatic carbocycles. The molecule has 0 spiro atoms. The van der Waals surface area contributed by atoms with Crippen molar-refractivity contribution in [1.29, 1.82) is 0 Å². The predicted octanol–water partition coefficient (Wildman–Crippen LogP) is 4.54. The fourth-order valence-corrected chi connectivity index (χ4v) is 3.19. The summed E-state index contributed by atoms with van der Waals surface area (Å²) < 4.78 is 5.18. The summed E-state index contributed by atoms with van der Waals surface area (Å²) in [6, 6.07) is 14.4. The Bertz CT molecular complexity index is 931. The smallest absolute Gasteiger partial charge is 0.338 e. The fourth-order valence-electron chi connectivity index (χ4n) is 2.96. The average Bonchev–Trinajstić information content (AvgIpc) is 2.87. The molecule has 0 aliphatic carbocycles. The van der Waals surface area contributed by atoms with Crippen molar-refractivity contribution in [2.45, 2.75) is 6.61 Å². The van der Waals surface area contributed by atoms with Crippen LogP contribution < -0.4 is 0 Å². The van der Waals surface area contributed by atoms with Gasteiger partial charge in [-0.15, -0.1) is 0 Å². The molecule has 1 N–H and O–H groups in total. The average molecular weight is 311 g/mol. The molecule has 3 aromatic rings. The van der Waals surface area contributed by atoms with E-state index < -0.39 is 0 Å². The number of aromatic hydroxyl groups is 1. The number of carbonyl (C=O) groups is 1. The summed E-state index contributed by atoms with van der Waals surface area (Å²) in [6.07, 6.45) is 0. The van der Waals surface area contributed by atoms with Crippen molar-refractivity contribution < 1.29 is 14.6 Å². The zero-order valence-corrected chi connectivity index (χ0v) is 12.2. The van der Waals surface area contributed by atoms with Gasteiger partial charge in [-0.25, -0.2) is 4.79 Å². The zero-order chi connectivity index (χ0) is 15.3. The quantitative estimate of drug-likeness (QED) is 0.671. The van der Waals surface area contributed by atoms with Gasteiger partial charge in [-0.3, -0.25) is 0 Å². The van der Waals surface area contributed by atoms with Gasteiger partial charge in [-0.1, -0.05) is 35.9 Å². The maximum Gasteiger partial charge on any atom is 0.338 e. The molecule has 0 radical (unpaired) electrons. The standard InChI is InChI=1S/C18H11ClO3/c19-16-4-2-1-3-13(16)17-12-6-5-11(20)7-10(12)8-14-15(17)9-22-18(14)21/h1-8,20H,9H2. The third kappa shape index (κ3) is 1.86. The van der Waals surface area contributed by atoms with Crippen LogP contribution in [0.2, 0.25) is 5.02 Å². The van der Waals surface area contributed by atoms with Crippen LogP contribution in [0.3, 0.4) is 0 Å². The Morgan fingerprint density at radius 3 is 2.68 bits per heavy atom. The summed E-state index contributed by atoms with van der Waals surface area (Å²) in [5, 5.41) is 12.1. The van der Waals surface area contributed by atoms with Crippen LogP contribution in [0.15, 0.2) is 48.5 Å². The van der Waals surface area contributed by atoms with E-state index >= 15 is 0 Å². The molecule has 0 saturated carbocycles. The number of phenols is 1. The number of halogens is 1. The van der Waals surface area contributed by atoms with E-state index in [0.29, 0.717) is 10.6 Å². The molecule has 22 heavy (non-hydrogen) atoms. The van der Waals surface area contributed by atoms with Crippen LogP contribution in [0.25, 0.3) is 21.9 Å². The lowest BCUT2D eigenvalue weighted by molar-refractivity contribution is 0.0535. The Kier molecular flexibility index (Phi) is 2.84. The molecule has 0 atom stereocenters. The Balaban J connectivity index is 2.17. The fraction of sp³-hybridized carbons (Fsp3) is 0.0556. The normalized spacial score (nSPS) is 13.2. The summed E-state index contributed by atoms with van der Waals surface area (Å²) in [5.74, 6) is -0.183. The topological polar surface area (TPSA) is 46.5 Å². The van der Waals surface area contributed by atoms with Crippen molar-refractivity contribution in [3.63, 3.8) is 0 Å². The summed E-state index contributed by atoms with van der Waals surface area (Å²) in [6.45, 7) is 0.242. The molecule has 3 nitrogen and oxygen atoms in total. The summed E-state index contributed by atoms with van der Waals surface area (Å²) in [7, 11) is 0. The summed E-state index contributed by atoms with van der Waals surface area (Å²) >= 11 is 6.35. The van der Waals surface area contributed by atoms with Gasteiger partial charge in [-0.05, 0) is 40.6 Å². The van der Waals surface area contributed by atoms with E-state index in [-0.39, 0.29) is 18.3 Å². The van der Waals surface area contributed by atoms with Gasteiger partial charge in [0.1, 0.15) is 12.4 Å². The third-order valence-electron chi connectivity index (χ3n) is 3.94. The lowest BCUT2D eigenvalue weighted by atomic mass is 9.90. The Morgan fingerprint density at radius 1 is 1.05 bits per heavy atom. The molecule has 0 aromatic heterocycles. The first-order valence-corrected chi connectivity index (χ1v) is 7.23. The zero-order valence-electron chi connectivity index (χ0n) is 11.5. The van der Waals surface area contributed by atoms with E-state index in [2.05, 4.69) is 0 Å². The minimum atomic E-state index is -0.339. The van der Waals surface area contributed by atoms with E-state index in [1.165, 1.54) is 0 Å². The SMILES string of the molecule is O=C1OCc2c1cc1cc(O)ccc1c2-c1ccccc1Cl. The van der Waals surface area contributed by atoms with Gasteiger partial charge in [0.25, 0.3) is 0 Å². The van der Waals surface area contributed by atoms with E-state index in [0.717, 1.165) is 27.5 Å². The molecule has 0 bridgehead atoms. The van der Waals surface area contributed by atoms with Gasteiger partial charge < -0.3 is 9.84 Å². The minimum Gasteiger partial charge on any atom is -0.508 e. The number of phenolic OH excluding ortho intramolecular Hbond substituents is 1. The van der Waals surface area contributed by atoms with Crippen LogP contribution in [-0.2, 0) is 11.3 Å². The maximum atomic E-state index is 11.9. The Hall–Kier alpha value is -2.52. The van der Waals surface area contributed by atoms with Gasteiger partial charge >= 0.3 is 5.97 Å². The largest absolute Gasteiger partial charge is 0.508 e. The van der Waals surface area contributed by atoms with Crippen molar-refractivity contribution in [1.82, 2.24) is 0 Å². The van der Waals surface area contributed by atoms with Crippen LogP contribution in [0.4, 0.5) is 0 Å². The van der Waals surface area contributed by atoms with Gasteiger partial charge in [0.2, 0.25) is 0 Å². The molecule has 1 aliphatic heterocycles. The predicted molar refractivity (Wildman–Crippen MR) is 85.2 cm³/mol. The number of esters is 1. The Labute approximate surface area is 131 Å². The molecule has 4 heteroatoms. The summed E-state index contributed by atoms with van der Waals surface area (Å²) in [4.78, 5) is 11.9. The second-order valence-corrected chi connectivity index (χ2v) is 5.65. The van der Waals surface area contributed by atoms with Crippen molar-refractivity contribution >= 4 is 28.3 Å². The molecule has 0 amide bonds. The molecule has 4 rings (SSSR count). The van der Waals surface area contributed by atoms with Crippen LogP contribution in [0.5, 0.6) is 5.75 Å². The highest BCUT2D eigenvalue weighted by atomic mass is 35.5. The van der Waals surface area contributed by atoms with E-state index in [1.807, 2.05) is 30.3 Å². The molecular formula is C18H11ClO3. The van der Waals surface area contributed by atoms with Crippen molar-refractivity contribution in [3.8, 4) is 16.9 Å². The molecule has 0 fully saturated rings. The molecule has 1 heterocycles. The van der Waals surface area contributed by atoms with Crippen LogP contribution in [0.1, 0.15) is 15.9 Å². The van der Waals surface area contributed by atoms with Gasteiger partial charge in [0, 0.05) is 16.1 Å². The molecule has 0 unspecified atom stereocenters. The number of fused-ring (bicyclic) bond motifs is 2. The van der Waals surface area contributed by atoms with Crippen molar-refractivity contribution in [2.24, 2.45) is 0 Å². The highest BCUT2D eigenvalue weighted by molar-refractivity contribution is 6.34. The number of benzene rings is 3. The number of ether oxygens (including phenoxy) is 1. The number of hydrogen-bond donors (Lipinski definition) is 1. The Morgan fingerprint density at radius 2 is 1.86 bits per heavy atom. The van der Waals surface area contributed by atoms with Gasteiger partial charge in [0.05, 0.1) is 5.56 Å². The number of cyclic esters (lactones) is 1. The second kappa shape index (κ2) is 4.75. The van der Waals surface area contributed by atoms with Crippen molar-refractivity contribution in [3.05, 3.63) is 64.7 Å². The van der Waals surface area contributed by atoms with Crippen LogP contribution >= 0.6 is 11.6 Å².